The van der Waals surface area contributed by atoms with Gasteiger partial charge in [-0.25, -0.2) is 0 Å². The Morgan fingerprint density at radius 3 is 2.36 bits per heavy atom. The summed E-state index contributed by atoms with van der Waals surface area (Å²) in [6, 6.07) is 7.95. The van der Waals surface area contributed by atoms with Crippen molar-refractivity contribution in [1.29, 1.82) is 0 Å². The molecule has 0 aromatic heterocycles. The van der Waals surface area contributed by atoms with Gasteiger partial charge in [0, 0.05) is 42.5 Å². The van der Waals surface area contributed by atoms with E-state index in [-0.39, 0.29) is 11.8 Å². The molecule has 6 nitrogen and oxygen atoms in total. The lowest BCUT2D eigenvalue weighted by molar-refractivity contribution is -0.131. The number of hydrogen-bond acceptors (Lipinski definition) is 4. The average molecular weight is 416 g/mol. The highest BCUT2D eigenvalue weighted by Crippen LogP contribution is 2.11. The summed E-state index contributed by atoms with van der Waals surface area (Å²) in [5.74, 6) is 0.110. The first-order valence-corrected chi connectivity index (χ1v) is 8.36. The highest BCUT2D eigenvalue weighted by atomic mass is 127. The molecule has 2 rings (SSSR count). The molecule has 2 amide bonds. The fourth-order valence-electron chi connectivity index (χ4n) is 2.29. The fraction of sp³-hybridized carbons (Fsp3) is 0.467. The average Bonchev–Trinajstić information content (AvgIpc) is 2.54. The zero-order valence-electron chi connectivity index (χ0n) is 12.6. The number of halogens is 1. The first kappa shape index (κ1) is 17.0. The number of carbonyl (C=O) groups is 2. The molecule has 0 radical (unpaired) electrons. The molecule has 1 fully saturated rings. The predicted molar refractivity (Wildman–Crippen MR) is 94.7 cm³/mol. The van der Waals surface area contributed by atoms with Crippen molar-refractivity contribution in [3.05, 3.63) is 27.8 Å². The fourth-order valence-corrected chi connectivity index (χ4v) is 2.65. The van der Waals surface area contributed by atoms with Crippen LogP contribution in [-0.2, 0) is 9.59 Å². The summed E-state index contributed by atoms with van der Waals surface area (Å²) in [7, 11) is 1.64. The van der Waals surface area contributed by atoms with Crippen molar-refractivity contribution in [3.8, 4) is 0 Å². The van der Waals surface area contributed by atoms with Crippen LogP contribution in [0.2, 0.25) is 0 Å². The minimum Gasteiger partial charge on any atom is -0.376 e. The van der Waals surface area contributed by atoms with Crippen LogP contribution in [0.25, 0.3) is 0 Å². The third-order valence-corrected chi connectivity index (χ3v) is 4.38. The number of anilines is 1. The van der Waals surface area contributed by atoms with Crippen LogP contribution in [0.15, 0.2) is 24.3 Å². The lowest BCUT2D eigenvalue weighted by atomic mass is 10.3. The zero-order chi connectivity index (χ0) is 15.9. The Balaban J connectivity index is 1.73. The molecule has 0 atom stereocenters. The largest absolute Gasteiger partial charge is 0.376 e. The molecule has 0 saturated carbocycles. The maximum Gasteiger partial charge on any atom is 0.241 e. The Morgan fingerprint density at radius 2 is 1.77 bits per heavy atom. The van der Waals surface area contributed by atoms with E-state index in [0.29, 0.717) is 26.2 Å². The standard InChI is InChI=1S/C15H21IN4O2/c1-17-14(21)11-19-6-8-20(9-7-19)15(22)10-18-13-4-2-12(16)3-5-13/h2-5,18H,6-11H2,1H3,(H,17,21). The normalized spacial score (nSPS) is 15.5. The van der Waals surface area contributed by atoms with Gasteiger partial charge in [0.15, 0.2) is 0 Å². The summed E-state index contributed by atoms with van der Waals surface area (Å²) in [5, 5.41) is 5.77. The summed E-state index contributed by atoms with van der Waals surface area (Å²) in [4.78, 5) is 27.4. The number of piperazine rings is 1. The minimum atomic E-state index is 0.0140. The molecule has 0 aliphatic carbocycles. The third kappa shape index (κ3) is 5.13. The van der Waals surface area contributed by atoms with E-state index in [9.17, 15) is 9.59 Å². The van der Waals surface area contributed by atoms with Crippen LogP contribution < -0.4 is 10.6 Å². The van der Waals surface area contributed by atoms with E-state index < -0.39 is 0 Å². The second-order valence-corrected chi connectivity index (χ2v) is 6.44. The number of likely N-dealkylation sites (N-methyl/N-ethyl adjacent to an activating group) is 1. The molecule has 1 aliphatic heterocycles. The molecule has 0 bridgehead atoms. The smallest absolute Gasteiger partial charge is 0.241 e. The number of nitrogens with one attached hydrogen (secondary N) is 2. The van der Waals surface area contributed by atoms with Gasteiger partial charge in [-0.15, -0.1) is 0 Å². The molecule has 1 saturated heterocycles. The highest BCUT2D eigenvalue weighted by Gasteiger charge is 2.21. The van der Waals surface area contributed by atoms with Crippen LogP contribution in [0.4, 0.5) is 5.69 Å². The molecule has 120 valence electrons. The SMILES string of the molecule is CNC(=O)CN1CCN(C(=O)CNc2ccc(I)cc2)CC1. The van der Waals surface area contributed by atoms with Crippen LogP contribution in [0.3, 0.4) is 0 Å². The molecule has 0 spiro atoms. The molecule has 2 N–H and O–H groups in total. The van der Waals surface area contributed by atoms with Crippen molar-refractivity contribution in [2.24, 2.45) is 0 Å². The molecular weight excluding hydrogens is 395 g/mol. The lowest BCUT2D eigenvalue weighted by Crippen LogP contribution is -2.51. The number of hydrogen-bond donors (Lipinski definition) is 2. The summed E-state index contributed by atoms with van der Waals surface area (Å²) < 4.78 is 1.17. The molecule has 1 aromatic rings. The first-order chi connectivity index (χ1) is 10.6. The highest BCUT2D eigenvalue weighted by molar-refractivity contribution is 14.1. The number of nitrogens with zero attached hydrogens (tertiary/aromatic N) is 2. The Kier molecular flexibility index (Phi) is 6.44. The maximum atomic E-state index is 12.2. The van der Waals surface area contributed by atoms with Gasteiger partial charge in [-0.2, -0.15) is 0 Å². The van der Waals surface area contributed by atoms with Gasteiger partial charge in [-0.05, 0) is 46.9 Å². The van der Waals surface area contributed by atoms with Gasteiger partial charge in [-0.1, -0.05) is 0 Å². The molecule has 22 heavy (non-hydrogen) atoms. The van der Waals surface area contributed by atoms with E-state index in [0.717, 1.165) is 18.8 Å². The lowest BCUT2D eigenvalue weighted by Gasteiger charge is -2.34. The topological polar surface area (TPSA) is 64.7 Å². The van der Waals surface area contributed by atoms with Crippen LogP contribution in [0.5, 0.6) is 0 Å². The Bertz CT molecular complexity index is 513. The van der Waals surface area contributed by atoms with Crippen molar-refractivity contribution in [1.82, 2.24) is 15.1 Å². The Morgan fingerprint density at radius 1 is 1.14 bits per heavy atom. The Labute approximate surface area is 144 Å². The van der Waals surface area contributed by atoms with E-state index in [2.05, 4.69) is 38.1 Å². The first-order valence-electron chi connectivity index (χ1n) is 7.28. The number of amides is 2. The van der Waals surface area contributed by atoms with Crippen LogP contribution in [-0.4, -0.2) is 67.9 Å². The van der Waals surface area contributed by atoms with E-state index in [1.807, 2.05) is 29.2 Å². The second kappa shape index (κ2) is 8.33. The van der Waals surface area contributed by atoms with Crippen LogP contribution in [0, 0.1) is 3.57 Å². The Hall–Kier alpha value is -1.35. The predicted octanol–water partition coefficient (Wildman–Crippen LogP) is 0.593. The maximum absolute atomic E-state index is 12.2. The number of benzene rings is 1. The molecule has 7 heteroatoms. The second-order valence-electron chi connectivity index (χ2n) is 5.19. The zero-order valence-corrected chi connectivity index (χ0v) is 14.8. The molecular formula is C15H21IN4O2. The van der Waals surface area contributed by atoms with Gasteiger partial charge in [-0.3, -0.25) is 14.5 Å². The third-order valence-electron chi connectivity index (χ3n) is 3.66. The van der Waals surface area contributed by atoms with Crippen molar-refractivity contribution in [3.63, 3.8) is 0 Å². The summed E-state index contributed by atoms with van der Waals surface area (Å²) >= 11 is 2.25. The molecule has 1 aromatic carbocycles. The number of rotatable bonds is 5. The summed E-state index contributed by atoms with van der Waals surface area (Å²) in [5.41, 5.74) is 0.951. The number of carbonyl (C=O) groups excluding carboxylic acids is 2. The van der Waals surface area contributed by atoms with Gasteiger partial charge < -0.3 is 15.5 Å². The molecule has 1 heterocycles. The van der Waals surface area contributed by atoms with Crippen molar-refractivity contribution >= 4 is 40.1 Å². The van der Waals surface area contributed by atoms with Crippen molar-refractivity contribution < 1.29 is 9.59 Å². The van der Waals surface area contributed by atoms with Gasteiger partial charge in [0.1, 0.15) is 0 Å². The van der Waals surface area contributed by atoms with E-state index >= 15 is 0 Å². The summed E-state index contributed by atoms with van der Waals surface area (Å²) in [6.45, 7) is 3.52. The molecule has 0 unspecified atom stereocenters. The van der Waals surface area contributed by atoms with E-state index in [1.54, 1.807) is 7.05 Å². The van der Waals surface area contributed by atoms with Gasteiger partial charge in [0.05, 0.1) is 13.1 Å². The van der Waals surface area contributed by atoms with Gasteiger partial charge >= 0.3 is 0 Å². The molecule has 1 aliphatic rings. The van der Waals surface area contributed by atoms with E-state index in [4.69, 9.17) is 0 Å². The minimum absolute atomic E-state index is 0.0140. The quantitative estimate of drug-likeness (QED) is 0.691. The van der Waals surface area contributed by atoms with Gasteiger partial charge in [0.2, 0.25) is 11.8 Å². The van der Waals surface area contributed by atoms with Crippen molar-refractivity contribution in [2.75, 3.05) is 51.6 Å². The summed E-state index contributed by atoms with van der Waals surface area (Å²) in [6.07, 6.45) is 0. The van der Waals surface area contributed by atoms with Gasteiger partial charge in [0.25, 0.3) is 0 Å². The van der Waals surface area contributed by atoms with Crippen LogP contribution >= 0.6 is 22.6 Å². The van der Waals surface area contributed by atoms with E-state index in [1.165, 1.54) is 3.57 Å². The van der Waals surface area contributed by atoms with Crippen molar-refractivity contribution in [2.45, 2.75) is 0 Å². The van der Waals surface area contributed by atoms with Crippen LogP contribution in [0.1, 0.15) is 0 Å². The monoisotopic (exact) mass is 416 g/mol.